The van der Waals surface area contributed by atoms with Gasteiger partial charge in [-0.3, -0.25) is 0 Å². The van der Waals surface area contributed by atoms with Gasteiger partial charge in [-0.15, -0.1) is 0 Å². The predicted octanol–water partition coefficient (Wildman–Crippen LogP) is 1.47. The molecule has 0 aliphatic carbocycles. The molecule has 1 aromatic rings. The van der Waals surface area contributed by atoms with Gasteiger partial charge in [-0.05, 0) is 26.3 Å². The molecule has 17 heavy (non-hydrogen) atoms. The molecule has 0 aliphatic rings. The van der Waals surface area contributed by atoms with Crippen LogP contribution in [0.15, 0.2) is 12.4 Å². The van der Waals surface area contributed by atoms with E-state index in [-0.39, 0.29) is 0 Å². The van der Waals surface area contributed by atoms with Crippen molar-refractivity contribution < 1.29 is 0 Å². The minimum absolute atomic E-state index is 0.333. The Labute approximate surface area is 103 Å². The first-order valence-electron chi connectivity index (χ1n) is 6.17. The molecule has 0 amide bonds. The average molecular weight is 237 g/mol. The molecule has 0 saturated heterocycles. The minimum atomic E-state index is 0.333. The maximum absolute atomic E-state index is 5.52. The number of hydrogen-bond donors (Lipinski definition) is 2. The summed E-state index contributed by atoms with van der Waals surface area (Å²) < 4.78 is 0. The maximum atomic E-state index is 5.52. The number of nitrogens with zero attached hydrogens (tertiary/aromatic N) is 3. The monoisotopic (exact) mass is 237 g/mol. The molecule has 1 heterocycles. The first kappa shape index (κ1) is 13.7. The van der Waals surface area contributed by atoms with E-state index < -0.39 is 0 Å². The predicted molar refractivity (Wildman–Crippen MR) is 72.3 cm³/mol. The highest BCUT2D eigenvalue weighted by Gasteiger charge is 2.05. The topological polar surface area (TPSA) is 67.1 Å². The van der Waals surface area contributed by atoms with Crippen LogP contribution in [0.2, 0.25) is 0 Å². The van der Waals surface area contributed by atoms with Crippen molar-refractivity contribution in [2.24, 2.45) is 5.73 Å². The normalized spacial score (nSPS) is 12.2. The Balaban J connectivity index is 2.65. The molecule has 1 unspecified atom stereocenters. The largest absolute Gasteiger partial charge is 0.367 e. The fraction of sp³-hybridized carbons (Fsp3) is 0.667. The molecule has 0 spiro atoms. The Hall–Kier alpha value is -1.36. The molecular formula is C12H23N5. The standard InChI is InChI=1S/C12H23N5/c1-4-7-17(3)12-8-11(14-9-15-12)16-10(2)5-6-13/h8-10H,4-7,13H2,1-3H3,(H,14,15,16). The van der Waals surface area contributed by atoms with E-state index in [9.17, 15) is 0 Å². The van der Waals surface area contributed by atoms with Crippen LogP contribution in [0.5, 0.6) is 0 Å². The Bertz CT molecular complexity index is 328. The summed E-state index contributed by atoms with van der Waals surface area (Å²) >= 11 is 0. The van der Waals surface area contributed by atoms with Crippen LogP contribution in [-0.2, 0) is 0 Å². The summed E-state index contributed by atoms with van der Waals surface area (Å²) in [6, 6.07) is 2.31. The van der Waals surface area contributed by atoms with Crippen molar-refractivity contribution in [3.63, 3.8) is 0 Å². The Morgan fingerprint density at radius 2 is 2.24 bits per heavy atom. The lowest BCUT2D eigenvalue weighted by Gasteiger charge is -2.18. The first-order chi connectivity index (χ1) is 8.17. The van der Waals surface area contributed by atoms with Crippen molar-refractivity contribution in [3.05, 3.63) is 12.4 Å². The Kier molecular flexibility index (Phi) is 5.69. The van der Waals surface area contributed by atoms with Gasteiger partial charge in [0.1, 0.15) is 18.0 Å². The zero-order valence-electron chi connectivity index (χ0n) is 11.0. The van der Waals surface area contributed by atoms with E-state index in [4.69, 9.17) is 5.73 Å². The van der Waals surface area contributed by atoms with E-state index in [0.717, 1.165) is 31.0 Å². The molecule has 1 aromatic heterocycles. The molecule has 5 nitrogen and oxygen atoms in total. The van der Waals surface area contributed by atoms with Gasteiger partial charge in [0.25, 0.3) is 0 Å². The van der Waals surface area contributed by atoms with E-state index in [1.54, 1.807) is 6.33 Å². The van der Waals surface area contributed by atoms with E-state index in [2.05, 4.69) is 34.0 Å². The van der Waals surface area contributed by atoms with Crippen LogP contribution in [-0.4, -0.2) is 36.1 Å². The summed E-state index contributed by atoms with van der Waals surface area (Å²) in [5, 5.41) is 3.32. The third-order valence-electron chi connectivity index (χ3n) is 2.60. The molecule has 0 fully saturated rings. The smallest absolute Gasteiger partial charge is 0.133 e. The van der Waals surface area contributed by atoms with Gasteiger partial charge < -0.3 is 16.0 Å². The summed E-state index contributed by atoms with van der Waals surface area (Å²) in [4.78, 5) is 10.6. The molecule has 0 bridgehead atoms. The lowest BCUT2D eigenvalue weighted by Crippen LogP contribution is -2.22. The van der Waals surface area contributed by atoms with Gasteiger partial charge in [-0.25, -0.2) is 9.97 Å². The molecule has 3 N–H and O–H groups in total. The van der Waals surface area contributed by atoms with Crippen LogP contribution in [0.25, 0.3) is 0 Å². The van der Waals surface area contributed by atoms with E-state index >= 15 is 0 Å². The molecule has 5 heteroatoms. The lowest BCUT2D eigenvalue weighted by molar-refractivity contribution is 0.712. The fourth-order valence-corrected chi connectivity index (χ4v) is 1.66. The van der Waals surface area contributed by atoms with Crippen molar-refractivity contribution in [3.8, 4) is 0 Å². The highest BCUT2D eigenvalue weighted by molar-refractivity contribution is 5.48. The van der Waals surface area contributed by atoms with Crippen LogP contribution in [0.1, 0.15) is 26.7 Å². The third kappa shape index (κ3) is 4.56. The average Bonchev–Trinajstić information content (AvgIpc) is 2.30. The molecule has 0 saturated carbocycles. The maximum Gasteiger partial charge on any atom is 0.133 e. The lowest BCUT2D eigenvalue weighted by atomic mass is 10.2. The van der Waals surface area contributed by atoms with Crippen molar-refractivity contribution in [2.45, 2.75) is 32.7 Å². The SMILES string of the molecule is CCCN(C)c1cc(NC(C)CCN)ncn1. The van der Waals surface area contributed by atoms with Gasteiger partial charge in [0.15, 0.2) is 0 Å². The zero-order valence-corrected chi connectivity index (χ0v) is 11.0. The van der Waals surface area contributed by atoms with Gasteiger partial charge in [-0.1, -0.05) is 6.92 Å². The summed E-state index contributed by atoms with van der Waals surface area (Å²) in [6.07, 6.45) is 3.63. The van der Waals surface area contributed by atoms with Crippen LogP contribution in [0.3, 0.4) is 0 Å². The summed E-state index contributed by atoms with van der Waals surface area (Å²) in [5.41, 5.74) is 5.52. The number of rotatable bonds is 7. The van der Waals surface area contributed by atoms with Gasteiger partial charge >= 0.3 is 0 Å². The van der Waals surface area contributed by atoms with Crippen molar-refractivity contribution in [2.75, 3.05) is 30.4 Å². The molecule has 96 valence electrons. The number of anilines is 2. The molecule has 0 radical (unpaired) electrons. The Morgan fingerprint density at radius 1 is 1.47 bits per heavy atom. The van der Waals surface area contributed by atoms with E-state index in [1.807, 2.05) is 13.1 Å². The van der Waals surface area contributed by atoms with Gasteiger partial charge in [-0.2, -0.15) is 0 Å². The number of aromatic nitrogens is 2. The van der Waals surface area contributed by atoms with Gasteiger partial charge in [0.2, 0.25) is 0 Å². The van der Waals surface area contributed by atoms with Crippen molar-refractivity contribution >= 4 is 11.6 Å². The van der Waals surface area contributed by atoms with Gasteiger partial charge in [0, 0.05) is 25.7 Å². The molecular weight excluding hydrogens is 214 g/mol. The molecule has 1 rings (SSSR count). The number of hydrogen-bond acceptors (Lipinski definition) is 5. The van der Waals surface area contributed by atoms with E-state index in [1.165, 1.54) is 0 Å². The molecule has 1 atom stereocenters. The second-order valence-corrected chi connectivity index (χ2v) is 4.31. The quantitative estimate of drug-likeness (QED) is 0.751. The second kappa shape index (κ2) is 7.06. The number of nitrogens with one attached hydrogen (secondary N) is 1. The highest BCUT2D eigenvalue weighted by atomic mass is 15.2. The van der Waals surface area contributed by atoms with Crippen molar-refractivity contribution in [1.29, 1.82) is 0 Å². The van der Waals surface area contributed by atoms with Crippen LogP contribution in [0.4, 0.5) is 11.6 Å². The zero-order chi connectivity index (χ0) is 12.7. The van der Waals surface area contributed by atoms with Crippen LogP contribution in [0, 0.1) is 0 Å². The second-order valence-electron chi connectivity index (χ2n) is 4.31. The fourth-order valence-electron chi connectivity index (χ4n) is 1.66. The molecule has 0 aliphatic heterocycles. The summed E-state index contributed by atoms with van der Waals surface area (Å²) in [5.74, 6) is 1.81. The van der Waals surface area contributed by atoms with Crippen LogP contribution >= 0.6 is 0 Å². The van der Waals surface area contributed by atoms with E-state index in [0.29, 0.717) is 12.6 Å². The summed E-state index contributed by atoms with van der Waals surface area (Å²) in [6.45, 7) is 5.93. The minimum Gasteiger partial charge on any atom is -0.367 e. The van der Waals surface area contributed by atoms with Crippen molar-refractivity contribution in [1.82, 2.24) is 9.97 Å². The first-order valence-corrected chi connectivity index (χ1v) is 6.17. The number of nitrogens with two attached hydrogens (primary N) is 1. The third-order valence-corrected chi connectivity index (χ3v) is 2.60. The summed E-state index contributed by atoms with van der Waals surface area (Å²) in [7, 11) is 2.04. The molecule has 0 aromatic carbocycles. The van der Waals surface area contributed by atoms with Crippen LogP contribution < -0.4 is 16.0 Å². The van der Waals surface area contributed by atoms with Gasteiger partial charge in [0.05, 0.1) is 0 Å². The highest BCUT2D eigenvalue weighted by Crippen LogP contribution is 2.13. The Morgan fingerprint density at radius 3 is 2.88 bits per heavy atom.